The first-order valence-electron chi connectivity index (χ1n) is 9.58. The molecule has 0 unspecified atom stereocenters. The van der Waals surface area contributed by atoms with E-state index >= 15 is 0 Å². The summed E-state index contributed by atoms with van der Waals surface area (Å²) in [4.78, 5) is 39.3. The minimum atomic E-state index is -0.419. The predicted molar refractivity (Wildman–Crippen MR) is 115 cm³/mol. The summed E-state index contributed by atoms with van der Waals surface area (Å²) in [5, 5.41) is 2.76. The van der Waals surface area contributed by atoms with Gasteiger partial charge in [-0.3, -0.25) is 19.3 Å². The summed E-state index contributed by atoms with van der Waals surface area (Å²) in [6.45, 7) is 0.0750. The van der Waals surface area contributed by atoms with E-state index in [9.17, 15) is 14.4 Å². The van der Waals surface area contributed by atoms with Crippen LogP contribution >= 0.6 is 0 Å². The number of hydrogen-bond acceptors (Lipinski definition) is 5. The molecule has 156 valence electrons. The molecule has 1 heterocycles. The number of carbonyl (C=O) groups is 3. The number of nitrogens with one attached hydrogen (secondary N) is 1. The number of fused-ring (bicyclic) bond motifs is 1. The van der Waals surface area contributed by atoms with Crippen molar-refractivity contribution in [2.45, 2.75) is 6.54 Å². The normalized spacial score (nSPS) is 12.5. The van der Waals surface area contributed by atoms with Crippen LogP contribution < -0.4 is 14.8 Å². The van der Waals surface area contributed by atoms with Crippen LogP contribution in [0.15, 0.2) is 66.7 Å². The first-order valence-corrected chi connectivity index (χ1v) is 9.58. The van der Waals surface area contributed by atoms with Crippen molar-refractivity contribution in [2.24, 2.45) is 0 Å². The highest BCUT2D eigenvalue weighted by Gasteiger charge is 2.35. The second-order valence-corrected chi connectivity index (χ2v) is 7.00. The van der Waals surface area contributed by atoms with Crippen LogP contribution in [-0.4, -0.2) is 36.8 Å². The molecule has 1 aliphatic heterocycles. The maximum Gasteiger partial charge on any atom is 0.261 e. The Kier molecular flexibility index (Phi) is 5.41. The van der Waals surface area contributed by atoms with Gasteiger partial charge in [0.25, 0.3) is 17.7 Å². The fourth-order valence-corrected chi connectivity index (χ4v) is 3.45. The average Bonchev–Trinajstić information content (AvgIpc) is 3.03. The highest BCUT2D eigenvalue weighted by atomic mass is 16.5. The Morgan fingerprint density at radius 2 is 1.48 bits per heavy atom. The van der Waals surface area contributed by atoms with E-state index in [4.69, 9.17) is 9.47 Å². The number of nitrogens with zero attached hydrogens (tertiary/aromatic N) is 1. The van der Waals surface area contributed by atoms with Gasteiger partial charge in [0.05, 0.1) is 31.9 Å². The molecule has 0 bridgehead atoms. The summed E-state index contributed by atoms with van der Waals surface area (Å²) < 4.78 is 10.5. The molecule has 7 heteroatoms. The Morgan fingerprint density at radius 3 is 2.13 bits per heavy atom. The Morgan fingerprint density at radius 1 is 0.839 bits per heavy atom. The molecular formula is C24H20N2O5. The summed E-state index contributed by atoms with van der Waals surface area (Å²) in [5.41, 5.74) is 2.20. The van der Waals surface area contributed by atoms with E-state index in [2.05, 4.69) is 5.32 Å². The van der Waals surface area contributed by atoms with E-state index in [-0.39, 0.29) is 23.9 Å². The maximum atomic E-state index is 13.0. The number of methoxy groups -OCH3 is 2. The van der Waals surface area contributed by atoms with Gasteiger partial charge in [0, 0.05) is 17.3 Å². The van der Waals surface area contributed by atoms with Gasteiger partial charge in [0.15, 0.2) is 0 Å². The van der Waals surface area contributed by atoms with Crippen molar-refractivity contribution >= 4 is 23.4 Å². The van der Waals surface area contributed by atoms with E-state index in [1.165, 1.54) is 25.2 Å². The molecule has 0 saturated heterocycles. The van der Waals surface area contributed by atoms with Gasteiger partial charge in [-0.1, -0.05) is 18.2 Å². The fourth-order valence-electron chi connectivity index (χ4n) is 3.45. The third kappa shape index (κ3) is 3.98. The smallest absolute Gasteiger partial charge is 0.261 e. The zero-order valence-electron chi connectivity index (χ0n) is 17.0. The van der Waals surface area contributed by atoms with Crippen LogP contribution in [0.5, 0.6) is 11.5 Å². The van der Waals surface area contributed by atoms with E-state index in [0.29, 0.717) is 33.9 Å². The largest absolute Gasteiger partial charge is 0.497 e. The van der Waals surface area contributed by atoms with E-state index < -0.39 is 5.91 Å². The lowest BCUT2D eigenvalue weighted by atomic mass is 10.1. The predicted octanol–water partition coefficient (Wildman–Crippen LogP) is 3.75. The molecule has 0 spiro atoms. The number of ether oxygens (including phenoxy) is 2. The maximum absolute atomic E-state index is 13.0. The molecule has 3 aromatic rings. The molecule has 0 atom stereocenters. The summed E-state index contributed by atoms with van der Waals surface area (Å²) in [6.07, 6.45) is 0. The average molecular weight is 416 g/mol. The lowest BCUT2D eigenvalue weighted by Crippen LogP contribution is -2.29. The van der Waals surface area contributed by atoms with Crippen molar-refractivity contribution in [1.29, 1.82) is 0 Å². The van der Waals surface area contributed by atoms with Crippen molar-refractivity contribution in [3.05, 3.63) is 89.0 Å². The van der Waals surface area contributed by atoms with E-state index in [1.54, 1.807) is 54.6 Å². The van der Waals surface area contributed by atoms with Crippen molar-refractivity contribution in [3.8, 4) is 11.5 Å². The number of rotatable bonds is 6. The molecule has 3 amide bonds. The third-order valence-electron chi connectivity index (χ3n) is 5.02. The molecule has 0 aliphatic carbocycles. The summed E-state index contributed by atoms with van der Waals surface area (Å²) in [5.74, 6) is 0.0340. The van der Waals surface area contributed by atoms with Gasteiger partial charge in [-0.25, -0.2) is 0 Å². The quantitative estimate of drug-likeness (QED) is 0.619. The number of imide groups is 1. The second-order valence-electron chi connectivity index (χ2n) is 7.00. The highest BCUT2D eigenvalue weighted by Crippen LogP contribution is 2.29. The fraction of sp³-hybridized carbons (Fsp3) is 0.125. The van der Waals surface area contributed by atoms with Gasteiger partial charge in [0.1, 0.15) is 11.5 Å². The van der Waals surface area contributed by atoms with Gasteiger partial charge >= 0.3 is 0 Å². The number of carbonyl (C=O) groups excluding carboxylic acids is 3. The Bertz CT molecular complexity index is 1150. The van der Waals surface area contributed by atoms with Crippen LogP contribution in [-0.2, 0) is 6.54 Å². The molecular weight excluding hydrogens is 396 g/mol. The Balaban J connectivity index is 1.56. The molecule has 3 aromatic carbocycles. The van der Waals surface area contributed by atoms with Gasteiger partial charge in [-0.15, -0.1) is 0 Å². The van der Waals surface area contributed by atoms with E-state index in [0.717, 1.165) is 0 Å². The first kappa shape index (κ1) is 20.2. The topological polar surface area (TPSA) is 84.9 Å². The van der Waals surface area contributed by atoms with Crippen molar-refractivity contribution in [2.75, 3.05) is 19.5 Å². The van der Waals surface area contributed by atoms with Crippen LogP contribution in [0.2, 0.25) is 0 Å². The Hall–Kier alpha value is -4.13. The highest BCUT2D eigenvalue weighted by molar-refractivity contribution is 6.22. The van der Waals surface area contributed by atoms with Gasteiger partial charge in [-0.05, 0) is 48.0 Å². The van der Waals surface area contributed by atoms with E-state index in [1.807, 2.05) is 6.07 Å². The summed E-state index contributed by atoms with van der Waals surface area (Å²) in [7, 11) is 3.07. The molecule has 7 nitrogen and oxygen atoms in total. The molecule has 4 rings (SSSR count). The van der Waals surface area contributed by atoms with Crippen LogP contribution in [0.3, 0.4) is 0 Å². The third-order valence-corrected chi connectivity index (χ3v) is 5.02. The SMILES string of the molecule is COc1cc(CN2C(=O)c3ccc(NC(=O)c4ccccc4)cc3C2=O)cc(OC)c1. The monoisotopic (exact) mass is 416 g/mol. The van der Waals surface area contributed by atoms with Crippen LogP contribution in [0.1, 0.15) is 36.6 Å². The van der Waals surface area contributed by atoms with Crippen molar-refractivity contribution < 1.29 is 23.9 Å². The lowest BCUT2D eigenvalue weighted by Gasteiger charge is -2.15. The molecule has 1 aliphatic rings. The lowest BCUT2D eigenvalue weighted by molar-refractivity contribution is 0.0641. The van der Waals surface area contributed by atoms with Gasteiger partial charge < -0.3 is 14.8 Å². The summed E-state index contributed by atoms with van der Waals surface area (Å²) in [6, 6.07) is 18.7. The van der Waals surface area contributed by atoms with Crippen LogP contribution in [0.4, 0.5) is 5.69 Å². The molecule has 0 radical (unpaired) electrons. The zero-order valence-corrected chi connectivity index (χ0v) is 17.0. The van der Waals surface area contributed by atoms with Crippen molar-refractivity contribution in [1.82, 2.24) is 4.90 Å². The second kappa shape index (κ2) is 8.31. The number of hydrogen-bond donors (Lipinski definition) is 1. The minimum Gasteiger partial charge on any atom is -0.497 e. The van der Waals surface area contributed by atoms with Gasteiger partial charge in [-0.2, -0.15) is 0 Å². The molecule has 31 heavy (non-hydrogen) atoms. The minimum absolute atomic E-state index is 0.0750. The molecule has 0 saturated carbocycles. The Labute approximate surface area is 179 Å². The molecule has 0 aromatic heterocycles. The van der Waals surface area contributed by atoms with Crippen LogP contribution in [0, 0.1) is 0 Å². The number of benzene rings is 3. The van der Waals surface area contributed by atoms with Crippen molar-refractivity contribution in [3.63, 3.8) is 0 Å². The first-order chi connectivity index (χ1) is 15.0. The summed E-state index contributed by atoms with van der Waals surface area (Å²) >= 11 is 0. The van der Waals surface area contributed by atoms with Gasteiger partial charge in [0.2, 0.25) is 0 Å². The molecule has 0 fully saturated rings. The number of anilines is 1. The molecule has 1 N–H and O–H groups in total. The van der Waals surface area contributed by atoms with Crippen LogP contribution in [0.25, 0.3) is 0 Å². The number of amides is 3. The zero-order chi connectivity index (χ0) is 22.0. The standard InChI is InChI=1S/C24H20N2O5/c1-30-18-10-15(11-19(13-18)31-2)14-26-23(28)20-9-8-17(12-21(20)24(26)29)25-22(27)16-6-4-3-5-7-16/h3-13H,14H2,1-2H3,(H,25,27).